The minimum absolute atomic E-state index is 0.121. The number of nitrogens with one attached hydrogen (secondary N) is 1. The maximum Gasteiger partial charge on any atom is 0.230 e. The van der Waals surface area contributed by atoms with Gasteiger partial charge in [0.15, 0.2) is 0 Å². The summed E-state index contributed by atoms with van der Waals surface area (Å²) in [6, 6.07) is 10.1. The highest BCUT2D eigenvalue weighted by Crippen LogP contribution is 2.25. The second-order valence-corrected chi connectivity index (χ2v) is 3.56. The molecule has 16 heavy (non-hydrogen) atoms. The average molecular weight is 216 g/mol. The summed E-state index contributed by atoms with van der Waals surface area (Å²) in [7, 11) is 0. The first-order valence-electron chi connectivity index (χ1n) is 4.90. The van der Waals surface area contributed by atoms with Gasteiger partial charge in [0.25, 0.3) is 0 Å². The van der Waals surface area contributed by atoms with Gasteiger partial charge in [-0.05, 0) is 29.8 Å². The maximum absolute atomic E-state index is 11.4. The fraction of sp³-hybridized carbons (Fsp3) is 0.0833. The summed E-state index contributed by atoms with van der Waals surface area (Å²) in [6.07, 6.45) is 1.73. The van der Waals surface area contributed by atoms with E-state index in [-0.39, 0.29) is 5.75 Å². The van der Waals surface area contributed by atoms with E-state index in [0.717, 1.165) is 5.69 Å². The SMILES string of the molecule is NC(=O)C(c1cccc(O)c1)c1ccc[nH]1. The molecule has 4 heteroatoms. The Balaban J connectivity index is 2.45. The van der Waals surface area contributed by atoms with Crippen LogP contribution in [0.3, 0.4) is 0 Å². The molecular weight excluding hydrogens is 204 g/mol. The predicted octanol–water partition coefficient (Wildman–Crippen LogP) is 1.34. The van der Waals surface area contributed by atoms with Crippen LogP contribution in [0.2, 0.25) is 0 Å². The zero-order valence-corrected chi connectivity index (χ0v) is 8.55. The first-order valence-corrected chi connectivity index (χ1v) is 4.90. The molecule has 1 atom stereocenters. The van der Waals surface area contributed by atoms with Crippen molar-refractivity contribution in [3.8, 4) is 5.75 Å². The molecule has 0 aliphatic rings. The van der Waals surface area contributed by atoms with Crippen molar-refractivity contribution in [3.05, 3.63) is 53.9 Å². The van der Waals surface area contributed by atoms with Crippen molar-refractivity contribution in [1.82, 2.24) is 4.98 Å². The number of rotatable bonds is 3. The summed E-state index contributed by atoms with van der Waals surface area (Å²) in [6.45, 7) is 0. The fourth-order valence-corrected chi connectivity index (χ4v) is 1.73. The van der Waals surface area contributed by atoms with E-state index >= 15 is 0 Å². The smallest absolute Gasteiger partial charge is 0.230 e. The number of aromatic amines is 1. The van der Waals surface area contributed by atoms with E-state index in [0.29, 0.717) is 5.56 Å². The molecule has 1 heterocycles. The van der Waals surface area contributed by atoms with Crippen LogP contribution in [-0.4, -0.2) is 16.0 Å². The average Bonchev–Trinajstić information content (AvgIpc) is 2.71. The van der Waals surface area contributed by atoms with Crippen molar-refractivity contribution in [2.75, 3.05) is 0 Å². The number of amides is 1. The minimum Gasteiger partial charge on any atom is -0.508 e. The van der Waals surface area contributed by atoms with Gasteiger partial charge in [0.2, 0.25) is 5.91 Å². The number of aromatic hydroxyl groups is 1. The molecule has 1 aromatic heterocycles. The zero-order chi connectivity index (χ0) is 11.5. The van der Waals surface area contributed by atoms with Gasteiger partial charge >= 0.3 is 0 Å². The van der Waals surface area contributed by atoms with Crippen LogP contribution in [0.25, 0.3) is 0 Å². The summed E-state index contributed by atoms with van der Waals surface area (Å²) in [5.41, 5.74) is 6.77. The van der Waals surface area contributed by atoms with Gasteiger partial charge in [0.05, 0.1) is 0 Å². The van der Waals surface area contributed by atoms with Gasteiger partial charge in [-0.1, -0.05) is 12.1 Å². The van der Waals surface area contributed by atoms with Crippen LogP contribution in [0, 0.1) is 0 Å². The Morgan fingerprint density at radius 3 is 2.69 bits per heavy atom. The number of nitrogens with two attached hydrogens (primary N) is 1. The van der Waals surface area contributed by atoms with E-state index in [4.69, 9.17) is 5.73 Å². The van der Waals surface area contributed by atoms with Crippen LogP contribution < -0.4 is 5.73 Å². The molecule has 2 rings (SSSR count). The van der Waals surface area contributed by atoms with E-state index in [1.807, 2.05) is 0 Å². The second-order valence-electron chi connectivity index (χ2n) is 3.56. The third-order valence-corrected chi connectivity index (χ3v) is 2.42. The van der Waals surface area contributed by atoms with Gasteiger partial charge in [-0.2, -0.15) is 0 Å². The van der Waals surface area contributed by atoms with Crippen LogP contribution in [0.15, 0.2) is 42.6 Å². The van der Waals surface area contributed by atoms with Gasteiger partial charge < -0.3 is 15.8 Å². The van der Waals surface area contributed by atoms with Gasteiger partial charge in [-0.25, -0.2) is 0 Å². The van der Waals surface area contributed by atoms with Crippen LogP contribution in [0.5, 0.6) is 5.75 Å². The van der Waals surface area contributed by atoms with E-state index in [9.17, 15) is 9.90 Å². The first kappa shape index (κ1) is 10.3. The Labute approximate surface area is 92.7 Å². The van der Waals surface area contributed by atoms with Crippen LogP contribution in [0.4, 0.5) is 0 Å². The molecular formula is C12H12N2O2. The lowest BCUT2D eigenvalue weighted by Crippen LogP contribution is -2.22. The van der Waals surface area contributed by atoms with Crippen molar-refractivity contribution in [2.45, 2.75) is 5.92 Å². The van der Waals surface area contributed by atoms with E-state index in [1.165, 1.54) is 6.07 Å². The summed E-state index contributed by atoms with van der Waals surface area (Å²) in [5.74, 6) is -0.884. The molecule has 0 saturated heterocycles. The number of benzene rings is 1. The zero-order valence-electron chi connectivity index (χ0n) is 8.55. The standard InChI is InChI=1S/C12H12N2O2/c13-12(16)11(10-5-2-6-14-10)8-3-1-4-9(15)7-8/h1-7,11,14-15H,(H2,13,16). The molecule has 0 spiro atoms. The monoisotopic (exact) mass is 216 g/mol. The Bertz CT molecular complexity index is 491. The van der Waals surface area contributed by atoms with Crippen molar-refractivity contribution in [3.63, 3.8) is 0 Å². The Morgan fingerprint density at radius 1 is 1.31 bits per heavy atom. The molecule has 2 aromatic rings. The number of primary amides is 1. The van der Waals surface area contributed by atoms with E-state index in [1.54, 1.807) is 36.5 Å². The van der Waals surface area contributed by atoms with Gasteiger partial charge in [0.1, 0.15) is 11.7 Å². The highest BCUT2D eigenvalue weighted by Gasteiger charge is 2.21. The van der Waals surface area contributed by atoms with Crippen molar-refractivity contribution in [1.29, 1.82) is 0 Å². The summed E-state index contributed by atoms with van der Waals surface area (Å²) in [5, 5.41) is 9.38. The number of carbonyl (C=O) groups excluding carboxylic acids is 1. The minimum atomic E-state index is -0.554. The fourth-order valence-electron chi connectivity index (χ4n) is 1.73. The number of phenols is 1. The molecule has 1 amide bonds. The Hall–Kier alpha value is -2.23. The number of H-pyrrole nitrogens is 1. The largest absolute Gasteiger partial charge is 0.508 e. The third-order valence-electron chi connectivity index (χ3n) is 2.42. The Morgan fingerprint density at radius 2 is 2.12 bits per heavy atom. The number of hydrogen-bond donors (Lipinski definition) is 3. The summed E-state index contributed by atoms with van der Waals surface area (Å²) < 4.78 is 0. The lowest BCUT2D eigenvalue weighted by Gasteiger charge is -2.12. The second kappa shape index (κ2) is 4.10. The molecule has 0 aliphatic heterocycles. The molecule has 0 fully saturated rings. The third kappa shape index (κ3) is 1.91. The maximum atomic E-state index is 11.4. The van der Waals surface area contributed by atoms with Crippen molar-refractivity contribution >= 4 is 5.91 Å². The molecule has 1 unspecified atom stereocenters. The molecule has 0 saturated carbocycles. The van der Waals surface area contributed by atoms with Crippen LogP contribution >= 0.6 is 0 Å². The highest BCUT2D eigenvalue weighted by atomic mass is 16.3. The van der Waals surface area contributed by atoms with E-state index < -0.39 is 11.8 Å². The van der Waals surface area contributed by atoms with Gasteiger partial charge in [-0.3, -0.25) is 4.79 Å². The molecule has 0 bridgehead atoms. The quantitative estimate of drug-likeness (QED) is 0.723. The van der Waals surface area contributed by atoms with Crippen molar-refractivity contribution < 1.29 is 9.90 Å². The normalized spacial score (nSPS) is 12.2. The molecule has 0 aliphatic carbocycles. The predicted molar refractivity (Wildman–Crippen MR) is 59.9 cm³/mol. The number of carbonyl (C=O) groups is 1. The number of phenolic OH excluding ortho intramolecular Hbond substituents is 1. The van der Waals surface area contributed by atoms with E-state index in [2.05, 4.69) is 4.98 Å². The van der Waals surface area contributed by atoms with Crippen LogP contribution in [0.1, 0.15) is 17.2 Å². The Kier molecular flexibility index (Phi) is 2.64. The molecule has 0 radical (unpaired) electrons. The molecule has 1 aromatic carbocycles. The molecule has 4 N–H and O–H groups in total. The number of aromatic nitrogens is 1. The van der Waals surface area contributed by atoms with Gasteiger partial charge in [-0.15, -0.1) is 0 Å². The molecule has 4 nitrogen and oxygen atoms in total. The lowest BCUT2D eigenvalue weighted by atomic mass is 9.95. The van der Waals surface area contributed by atoms with Gasteiger partial charge in [0, 0.05) is 11.9 Å². The van der Waals surface area contributed by atoms with Crippen molar-refractivity contribution in [2.24, 2.45) is 5.73 Å². The molecule has 82 valence electrons. The first-order chi connectivity index (χ1) is 7.68. The lowest BCUT2D eigenvalue weighted by molar-refractivity contribution is -0.118. The summed E-state index contributed by atoms with van der Waals surface area (Å²) in [4.78, 5) is 14.4. The topological polar surface area (TPSA) is 79.1 Å². The van der Waals surface area contributed by atoms with Crippen LogP contribution in [-0.2, 0) is 4.79 Å². The highest BCUT2D eigenvalue weighted by molar-refractivity contribution is 5.85. The summed E-state index contributed by atoms with van der Waals surface area (Å²) >= 11 is 0. The number of hydrogen-bond acceptors (Lipinski definition) is 2.